The van der Waals surface area contributed by atoms with Gasteiger partial charge in [0, 0.05) is 29.3 Å². The first-order valence-electron chi connectivity index (χ1n) is 9.85. The second kappa shape index (κ2) is 7.07. The summed E-state index contributed by atoms with van der Waals surface area (Å²) in [5.74, 6) is 0. The number of hydrogen-bond acceptors (Lipinski definition) is 4. The SMILES string of the molecule is CCc1ncc(-c2cn(-c3ccc(S(N)(=O)=O)cc3)cn2)c2c1CC(C)(C)CC2. The number of primary sulfonamides is 1. The smallest absolute Gasteiger partial charge is 0.238 e. The van der Waals surface area contributed by atoms with Crippen LogP contribution >= 0.6 is 0 Å². The Bertz CT molecular complexity index is 1160. The fourth-order valence-corrected chi connectivity index (χ4v) is 4.61. The summed E-state index contributed by atoms with van der Waals surface area (Å²) < 4.78 is 24.8. The van der Waals surface area contributed by atoms with Gasteiger partial charge in [0.25, 0.3) is 0 Å². The number of imidazole rings is 1. The van der Waals surface area contributed by atoms with E-state index >= 15 is 0 Å². The maximum Gasteiger partial charge on any atom is 0.238 e. The van der Waals surface area contributed by atoms with E-state index < -0.39 is 10.0 Å². The van der Waals surface area contributed by atoms with Crippen LogP contribution in [0.1, 0.15) is 44.0 Å². The Kier molecular flexibility index (Phi) is 4.83. The minimum absolute atomic E-state index is 0.0950. The maximum atomic E-state index is 11.5. The molecule has 6 nitrogen and oxygen atoms in total. The van der Waals surface area contributed by atoms with Gasteiger partial charge in [0.2, 0.25) is 10.0 Å². The normalized spacial score (nSPS) is 15.9. The first kappa shape index (κ1) is 19.8. The highest BCUT2D eigenvalue weighted by Crippen LogP contribution is 2.39. The molecule has 4 rings (SSSR count). The average Bonchev–Trinajstić information content (AvgIpc) is 3.15. The van der Waals surface area contributed by atoms with Crippen LogP contribution in [0.3, 0.4) is 0 Å². The predicted octanol–water partition coefficient (Wildman–Crippen LogP) is 3.66. The van der Waals surface area contributed by atoms with E-state index in [1.165, 1.54) is 29.0 Å². The van der Waals surface area contributed by atoms with Crippen molar-refractivity contribution in [1.82, 2.24) is 14.5 Å². The van der Waals surface area contributed by atoms with Crippen molar-refractivity contribution in [3.8, 4) is 16.9 Å². The number of aryl methyl sites for hydroxylation is 1. The zero-order valence-corrected chi connectivity index (χ0v) is 17.8. The molecule has 0 fully saturated rings. The minimum atomic E-state index is -3.70. The Morgan fingerprint density at radius 3 is 2.52 bits per heavy atom. The molecule has 1 aromatic carbocycles. The molecule has 0 aliphatic heterocycles. The van der Waals surface area contributed by atoms with Crippen LogP contribution in [0.5, 0.6) is 0 Å². The molecule has 2 N–H and O–H groups in total. The van der Waals surface area contributed by atoms with Gasteiger partial charge in [-0.1, -0.05) is 20.8 Å². The van der Waals surface area contributed by atoms with Crippen molar-refractivity contribution in [2.24, 2.45) is 10.6 Å². The third-order valence-corrected chi connectivity index (χ3v) is 6.68. The van der Waals surface area contributed by atoms with Crippen molar-refractivity contribution >= 4 is 10.0 Å². The molecule has 152 valence electrons. The number of nitrogens with two attached hydrogens (primary N) is 1. The van der Waals surface area contributed by atoms with E-state index in [2.05, 4.69) is 25.8 Å². The highest BCUT2D eigenvalue weighted by Gasteiger charge is 2.29. The fraction of sp³-hybridized carbons (Fsp3) is 0.364. The monoisotopic (exact) mass is 410 g/mol. The molecule has 0 saturated carbocycles. The molecule has 1 aliphatic rings. The van der Waals surface area contributed by atoms with E-state index in [4.69, 9.17) is 10.1 Å². The van der Waals surface area contributed by atoms with Gasteiger partial charge in [-0.15, -0.1) is 0 Å². The van der Waals surface area contributed by atoms with Crippen molar-refractivity contribution in [1.29, 1.82) is 0 Å². The number of pyridine rings is 1. The van der Waals surface area contributed by atoms with Gasteiger partial charge >= 0.3 is 0 Å². The summed E-state index contributed by atoms with van der Waals surface area (Å²) in [6.07, 6.45) is 9.82. The Balaban J connectivity index is 1.72. The van der Waals surface area contributed by atoms with Gasteiger partial charge < -0.3 is 4.57 Å². The molecular weight excluding hydrogens is 384 g/mol. The van der Waals surface area contributed by atoms with Crippen LogP contribution in [0.2, 0.25) is 0 Å². The second-order valence-electron chi connectivity index (χ2n) is 8.48. The van der Waals surface area contributed by atoms with Gasteiger partial charge in [0.1, 0.15) is 0 Å². The number of nitrogens with zero attached hydrogens (tertiary/aromatic N) is 3. The van der Waals surface area contributed by atoms with Crippen molar-refractivity contribution < 1.29 is 8.42 Å². The number of hydrogen-bond donors (Lipinski definition) is 1. The molecule has 0 saturated heterocycles. The Morgan fingerprint density at radius 2 is 1.86 bits per heavy atom. The van der Waals surface area contributed by atoms with Crippen LogP contribution in [0.15, 0.2) is 47.9 Å². The molecule has 0 unspecified atom stereocenters. The highest BCUT2D eigenvalue weighted by molar-refractivity contribution is 7.89. The van der Waals surface area contributed by atoms with E-state index in [9.17, 15) is 8.42 Å². The Hall–Kier alpha value is -2.51. The topological polar surface area (TPSA) is 90.9 Å². The van der Waals surface area contributed by atoms with E-state index in [0.29, 0.717) is 5.41 Å². The summed E-state index contributed by atoms with van der Waals surface area (Å²) in [6.45, 7) is 6.80. The molecule has 29 heavy (non-hydrogen) atoms. The van der Waals surface area contributed by atoms with Gasteiger partial charge in [0.15, 0.2) is 0 Å². The lowest BCUT2D eigenvalue weighted by molar-refractivity contribution is 0.314. The zero-order chi connectivity index (χ0) is 20.8. The largest absolute Gasteiger partial charge is 0.306 e. The van der Waals surface area contributed by atoms with Crippen LogP contribution in [0.25, 0.3) is 16.9 Å². The number of sulfonamides is 1. The van der Waals surface area contributed by atoms with Gasteiger partial charge in [-0.05, 0) is 66.5 Å². The van der Waals surface area contributed by atoms with Crippen molar-refractivity contribution in [3.63, 3.8) is 0 Å². The van der Waals surface area contributed by atoms with Gasteiger partial charge in [-0.25, -0.2) is 18.5 Å². The summed E-state index contributed by atoms with van der Waals surface area (Å²) in [6, 6.07) is 6.46. The zero-order valence-electron chi connectivity index (χ0n) is 17.0. The van der Waals surface area contributed by atoms with Crippen LogP contribution in [0.4, 0.5) is 0 Å². The maximum absolute atomic E-state index is 11.5. The molecule has 0 spiro atoms. The molecule has 7 heteroatoms. The van der Waals surface area contributed by atoms with Crippen LogP contribution < -0.4 is 5.14 Å². The summed E-state index contributed by atoms with van der Waals surface area (Å²) in [7, 11) is -3.70. The summed E-state index contributed by atoms with van der Waals surface area (Å²) in [5.41, 5.74) is 7.03. The lowest BCUT2D eigenvalue weighted by Gasteiger charge is -2.33. The molecular formula is C22H26N4O2S. The second-order valence-corrected chi connectivity index (χ2v) is 10.0. The van der Waals surface area contributed by atoms with Gasteiger partial charge in [0.05, 0.1) is 16.9 Å². The summed E-state index contributed by atoms with van der Waals surface area (Å²) in [4.78, 5) is 9.45. The first-order chi connectivity index (χ1) is 13.7. The average molecular weight is 411 g/mol. The first-order valence-corrected chi connectivity index (χ1v) is 11.4. The third-order valence-electron chi connectivity index (χ3n) is 5.75. The Labute approximate surface area is 171 Å². The molecule has 2 aromatic heterocycles. The standard InChI is InChI=1S/C22H26N4O2S/c1-4-20-18-11-22(2,3)10-9-17(18)19(12-24-20)21-13-26(14-25-21)15-5-7-16(8-6-15)29(23,27)28/h5-8,12-14H,4,9-11H2,1-3H3,(H2,23,27,28). The molecule has 0 amide bonds. The Morgan fingerprint density at radius 1 is 1.14 bits per heavy atom. The quantitative estimate of drug-likeness (QED) is 0.711. The van der Waals surface area contributed by atoms with E-state index in [0.717, 1.165) is 42.6 Å². The molecule has 0 radical (unpaired) electrons. The molecule has 0 bridgehead atoms. The summed E-state index contributed by atoms with van der Waals surface area (Å²) in [5, 5.41) is 5.18. The predicted molar refractivity (Wildman–Crippen MR) is 113 cm³/mol. The molecule has 0 atom stereocenters. The molecule has 1 aliphatic carbocycles. The van der Waals surface area contributed by atoms with E-state index in [1.54, 1.807) is 18.5 Å². The number of fused-ring (bicyclic) bond motifs is 1. The highest BCUT2D eigenvalue weighted by atomic mass is 32.2. The van der Waals surface area contributed by atoms with Gasteiger partial charge in [-0.2, -0.15) is 0 Å². The number of aromatic nitrogens is 3. The van der Waals surface area contributed by atoms with Crippen LogP contribution in [-0.2, 0) is 29.3 Å². The number of rotatable bonds is 4. The third kappa shape index (κ3) is 3.84. The van der Waals surface area contributed by atoms with Crippen molar-refractivity contribution in [2.45, 2.75) is 51.3 Å². The molecule has 3 aromatic rings. The van der Waals surface area contributed by atoms with Gasteiger partial charge in [-0.3, -0.25) is 4.98 Å². The fourth-order valence-electron chi connectivity index (χ4n) is 4.10. The lowest BCUT2D eigenvalue weighted by atomic mass is 9.72. The lowest BCUT2D eigenvalue weighted by Crippen LogP contribution is -2.24. The van der Waals surface area contributed by atoms with Crippen LogP contribution in [0, 0.1) is 5.41 Å². The van der Waals surface area contributed by atoms with Crippen LogP contribution in [-0.4, -0.2) is 23.0 Å². The molecule has 2 heterocycles. The van der Waals surface area contributed by atoms with Crippen molar-refractivity contribution in [2.75, 3.05) is 0 Å². The number of benzene rings is 1. The summed E-state index contributed by atoms with van der Waals surface area (Å²) >= 11 is 0. The minimum Gasteiger partial charge on any atom is -0.306 e. The van der Waals surface area contributed by atoms with E-state index in [-0.39, 0.29) is 4.90 Å². The van der Waals surface area contributed by atoms with Crippen molar-refractivity contribution in [3.05, 3.63) is 59.8 Å². The van der Waals surface area contributed by atoms with E-state index in [1.807, 2.05) is 17.0 Å².